The van der Waals surface area contributed by atoms with E-state index in [9.17, 15) is 0 Å². The maximum absolute atomic E-state index is 5.89. The SMILES string of the molecule is Cc1occc1-c1nnc(SCc2csc(-c3ccc4c(c3)OCO4)n2)n1CC1CCCO1. The Hall–Kier alpha value is -2.82. The first kappa shape index (κ1) is 20.8. The van der Waals surface area contributed by atoms with E-state index in [0.29, 0.717) is 5.75 Å². The average Bonchev–Trinajstić information content (AvgIpc) is 3.63. The number of hydrogen-bond acceptors (Lipinski definition) is 9. The van der Waals surface area contributed by atoms with Crippen LogP contribution in [0.2, 0.25) is 0 Å². The maximum Gasteiger partial charge on any atom is 0.231 e. The highest BCUT2D eigenvalue weighted by Gasteiger charge is 2.23. The van der Waals surface area contributed by atoms with Crippen LogP contribution in [0, 0.1) is 6.92 Å². The zero-order valence-corrected chi connectivity index (χ0v) is 19.7. The highest BCUT2D eigenvalue weighted by Crippen LogP contribution is 2.37. The third-order valence-corrected chi connectivity index (χ3v) is 7.69. The molecule has 5 heterocycles. The van der Waals surface area contributed by atoms with Gasteiger partial charge in [-0.25, -0.2) is 4.98 Å². The van der Waals surface area contributed by atoms with Crippen molar-refractivity contribution in [1.29, 1.82) is 0 Å². The Balaban J connectivity index is 1.22. The number of thiazole rings is 1. The van der Waals surface area contributed by atoms with Crippen LogP contribution in [0.25, 0.3) is 22.0 Å². The van der Waals surface area contributed by atoms with E-state index < -0.39 is 0 Å². The first-order chi connectivity index (χ1) is 16.2. The van der Waals surface area contributed by atoms with Crippen LogP contribution < -0.4 is 9.47 Å². The second-order valence-corrected chi connectivity index (χ2v) is 9.74. The second-order valence-electron chi connectivity index (χ2n) is 7.94. The van der Waals surface area contributed by atoms with E-state index in [4.69, 9.17) is 23.6 Å². The first-order valence-electron chi connectivity index (χ1n) is 10.8. The lowest BCUT2D eigenvalue weighted by Gasteiger charge is -2.14. The highest BCUT2D eigenvalue weighted by molar-refractivity contribution is 7.98. The number of ether oxygens (including phenoxy) is 3. The van der Waals surface area contributed by atoms with Crippen LogP contribution in [0.4, 0.5) is 0 Å². The number of hydrogen-bond donors (Lipinski definition) is 0. The Bertz CT molecular complexity index is 1280. The largest absolute Gasteiger partial charge is 0.469 e. The highest BCUT2D eigenvalue weighted by atomic mass is 32.2. The average molecular weight is 483 g/mol. The van der Waals surface area contributed by atoms with E-state index in [1.54, 1.807) is 29.4 Å². The fraction of sp³-hybridized carbons (Fsp3) is 0.348. The van der Waals surface area contributed by atoms with Gasteiger partial charge >= 0.3 is 0 Å². The molecule has 10 heteroatoms. The molecule has 4 aromatic rings. The van der Waals surface area contributed by atoms with Crippen molar-refractivity contribution in [3.05, 3.63) is 47.4 Å². The molecule has 3 aromatic heterocycles. The molecule has 1 atom stereocenters. The number of rotatable bonds is 7. The van der Waals surface area contributed by atoms with Crippen LogP contribution in [-0.2, 0) is 17.0 Å². The van der Waals surface area contributed by atoms with Crippen molar-refractivity contribution in [3.8, 4) is 33.5 Å². The lowest BCUT2D eigenvalue weighted by atomic mass is 10.2. The Morgan fingerprint density at radius 3 is 2.97 bits per heavy atom. The van der Waals surface area contributed by atoms with E-state index in [-0.39, 0.29) is 12.9 Å². The molecule has 0 N–H and O–H groups in total. The Morgan fingerprint density at radius 2 is 2.12 bits per heavy atom. The Kier molecular flexibility index (Phi) is 5.57. The molecule has 6 rings (SSSR count). The van der Waals surface area contributed by atoms with Gasteiger partial charge in [-0.15, -0.1) is 21.5 Å². The van der Waals surface area contributed by atoms with Gasteiger partial charge in [0.15, 0.2) is 22.5 Å². The Labute approximate surface area is 198 Å². The molecule has 1 saturated heterocycles. The second kappa shape index (κ2) is 8.85. The van der Waals surface area contributed by atoms with Crippen molar-refractivity contribution in [3.63, 3.8) is 0 Å². The zero-order chi connectivity index (χ0) is 22.2. The fourth-order valence-corrected chi connectivity index (χ4v) is 5.80. The van der Waals surface area contributed by atoms with Crippen LogP contribution in [0.15, 0.2) is 45.5 Å². The van der Waals surface area contributed by atoms with Gasteiger partial charge in [-0.2, -0.15) is 0 Å². The third kappa shape index (κ3) is 4.14. The standard InChI is InChI=1S/C23H22N4O4S2/c1-14-18(6-8-28-14)21-25-26-23(27(21)10-17-3-2-7-29-17)33-12-16-11-32-22(24-16)15-4-5-19-20(9-15)31-13-30-19/h4-6,8-9,11,17H,2-3,7,10,12-13H2,1H3. The molecule has 33 heavy (non-hydrogen) atoms. The van der Waals surface area contributed by atoms with Gasteiger partial charge in [-0.1, -0.05) is 11.8 Å². The van der Waals surface area contributed by atoms with Gasteiger partial charge < -0.3 is 18.6 Å². The smallest absolute Gasteiger partial charge is 0.231 e. The molecule has 2 aliphatic heterocycles. The lowest BCUT2D eigenvalue weighted by Crippen LogP contribution is -2.16. The number of nitrogens with zero attached hydrogens (tertiary/aromatic N) is 4. The van der Waals surface area contributed by atoms with E-state index >= 15 is 0 Å². The summed E-state index contributed by atoms with van der Waals surface area (Å²) in [6, 6.07) is 7.87. The van der Waals surface area contributed by atoms with Crippen molar-refractivity contribution in [2.45, 2.75) is 43.3 Å². The lowest BCUT2D eigenvalue weighted by molar-refractivity contribution is 0.0953. The summed E-state index contributed by atoms with van der Waals surface area (Å²) in [5, 5.41) is 12.9. The van der Waals surface area contributed by atoms with E-state index in [1.165, 1.54) is 0 Å². The van der Waals surface area contributed by atoms with Gasteiger partial charge in [0.2, 0.25) is 6.79 Å². The number of aromatic nitrogens is 4. The molecular weight excluding hydrogens is 460 g/mol. The minimum atomic E-state index is 0.184. The predicted molar refractivity (Wildman–Crippen MR) is 125 cm³/mol. The zero-order valence-electron chi connectivity index (χ0n) is 18.0. The van der Waals surface area contributed by atoms with Gasteiger partial charge in [0.25, 0.3) is 0 Å². The van der Waals surface area contributed by atoms with Crippen molar-refractivity contribution in [1.82, 2.24) is 19.7 Å². The van der Waals surface area contributed by atoms with Gasteiger partial charge in [0.05, 0.1) is 30.2 Å². The fourth-order valence-electron chi connectivity index (χ4n) is 4.04. The number of furan rings is 1. The molecule has 170 valence electrons. The van der Waals surface area contributed by atoms with Crippen LogP contribution in [0.5, 0.6) is 11.5 Å². The molecule has 1 fully saturated rings. The van der Waals surface area contributed by atoms with Crippen molar-refractivity contribution < 1.29 is 18.6 Å². The molecule has 2 aliphatic rings. The number of aryl methyl sites for hydroxylation is 1. The molecular formula is C23H22N4O4S2. The van der Waals surface area contributed by atoms with Gasteiger partial charge in [-0.05, 0) is 44.0 Å². The number of benzene rings is 1. The molecule has 0 amide bonds. The normalized spacial score (nSPS) is 17.2. The molecule has 1 aromatic carbocycles. The minimum Gasteiger partial charge on any atom is -0.469 e. The molecule has 0 spiro atoms. The van der Waals surface area contributed by atoms with Gasteiger partial charge in [0.1, 0.15) is 10.8 Å². The van der Waals surface area contributed by atoms with E-state index in [1.807, 2.05) is 31.2 Å². The van der Waals surface area contributed by atoms with Crippen molar-refractivity contribution in [2.75, 3.05) is 13.4 Å². The molecule has 0 bridgehead atoms. The summed E-state index contributed by atoms with van der Waals surface area (Å²) in [7, 11) is 0. The quantitative estimate of drug-likeness (QED) is 0.334. The number of fused-ring (bicyclic) bond motifs is 1. The van der Waals surface area contributed by atoms with Crippen molar-refractivity contribution >= 4 is 23.1 Å². The summed E-state index contributed by atoms with van der Waals surface area (Å²) in [6.07, 6.45) is 4.02. The molecule has 0 saturated carbocycles. The van der Waals surface area contributed by atoms with Crippen LogP contribution >= 0.6 is 23.1 Å². The summed E-state index contributed by atoms with van der Waals surface area (Å²) < 4.78 is 24.5. The Morgan fingerprint density at radius 1 is 1.18 bits per heavy atom. The van der Waals surface area contributed by atoms with Gasteiger partial charge in [0, 0.05) is 23.3 Å². The summed E-state index contributed by atoms with van der Waals surface area (Å²) in [5.74, 6) is 3.90. The monoisotopic (exact) mass is 482 g/mol. The minimum absolute atomic E-state index is 0.184. The summed E-state index contributed by atoms with van der Waals surface area (Å²) in [5.41, 5.74) is 3.00. The van der Waals surface area contributed by atoms with Crippen LogP contribution in [0.1, 0.15) is 24.3 Å². The van der Waals surface area contributed by atoms with Crippen molar-refractivity contribution in [2.24, 2.45) is 0 Å². The molecule has 1 unspecified atom stereocenters. The van der Waals surface area contributed by atoms with E-state index in [2.05, 4.69) is 20.1 Å². The summed E-state index contributed by atoms with van der Waals surface area (Å²) in [4.78, 5) is 4.83. The predicted octanol–water partition coefficient (Wildman–Crippen LogP) is 5.17. The number of thioether (sulfide) groups is 1. The van der Waals surface area contributed by atoms with E-state index in [0.717, 1.165) is 76.1 Å². The topological polar surface area (TPSA) is 84.4 Å². The van der Waals surface area contributed by atoms with Crippen LogP contribution in [0.3, 0.4) is 0 Å². The third-order valence-electron chi connectivity index (χ3n) is 5.75. The van der Waals surface area contributed by atoms with Crippen LogP contribution in [-0.4, -0.2) is 39.3 Å². The molecule has 8 nitrogen and oxygen atoms in total. The maximum atomic E-state index is 5.89. The summed E-state index contributed by atoms with van der Waals surface area (Å²) >= 11 is 3.26. The molecule has 0 radical (unpaired) electrons. The first-order valence-corrected chi connectivity index (χ1v) is 12.7. The molecule has 0 aliphatic carbocycles. The summed E-state index contributed by atoms with van der Waals surface area (Å²) in [6.45, 7) is 3.76. The van der Waals surface area contributed by atoms with Gasteiger partial charge in [-0.3, -0.25) is 4.57 Å².